The topological polar surface area (TPSA) is 140 Å². The molecule has 1 aliphatic rings. The van der Waals surface area contributed by atoms with E-state index < -0.39 is 23.0 Å². The van der Waals surface area contributed by atoms with Gasteiger partial charge in [-0.1, -0.05) is 5.16 Å². The van der Waals surface area contributed by atoms with E-state index in [0.717, 1.165) is 10.6 Å². The van der Waals surface area contributed by atoms with Gasteiger partial charge in [-0.25, -0.2) is 9.18 Å². The average molecular weight is 536 g/mol. The van der Waals surface area contributed by atoms with Crippen LogP contribution in [0.25, 0.3) is 0 Å². The average Bonchev–Trinajstić information content (AvgIpc) is 3.22. The highest BCUT2D eigenvalue weighted by Gasteiger charge is 2.30. The first-order valence-corrected chi connectivity index (χ1v) is 10.9. The molecule has 0 radical (unpaired) electrons. The molecule has 2 amide bonds. The first-order valence-electron chi connectivity index (χ1n) is 10.1. The molecular weight excluding hydrogens is 517 g/mol. The van der Waals surface area contributed by atoms with E-state index in [1.807, 2.05) is 0 Å². The van der Waals surface area contributed by atoms with E-state index in [-0.39, 0.29) is 40.6 Å². The van der Waals surface area contributed by atoms with Crippen molar-refractivity contribution in [3.8, 4) is 5.75 Å². The van der Waals surface area contributed by atoms with Gasteiger partial charge in [-0.2, -0.15) is 0 Å². The number of fused-ring (bicyclic) bond motifs is 1. The standard InChI is InChI=1S/C21H19BrFN5O6/c1-10-7-28(21(32)25-19(10)30)9-16(29)27-4-3-14-12(8-27)17(26-34-14)20(31)24-18-13(22)5-11(23)6-15(18)33-2/h5-7H,3-4,8-9H2,1-2H3,(H,24,31)(H,25,30,32). The molecule has 2 aromatic heterocycles. The molecule has 34 heavy (non-hydrogen) atoms. The summed E-state index contributed by atoms with van der Waals surface area (Å²) in [6, 6.07) is 2.30. The fourth-order valence-corrected chi connectivity index (χ4v) is 4.10. The van der Waals surface area contributed by atoms with Crippen LogP contribution >= 0.6 is 15.9 Å². The summed E-state index contributed by atoms with van der Waals surface area (Å²) < 4.78 is 25.5. The number of carbonyl (C=O) groups excluding carboxylic acids is 2. The van der Waals surface area contributed by atoms with Gasteiger partial charge >= 0.3 is 5.69 Å². The zero-order valence-corrected chi connectivity index (χ0v) is 19.7. The zero-order valence-electron chi connectivity index (χ0n) is 18.1. The van der Waals surface area contributed by atoms with E-state index in [0.29, 0.717) is 29.9 Å². The number of carbonyl (C=O) groups is 2. The lowest BCUT2D eigenvalue weighted by atomic mass is 10.1. The Morgan fingerprint density at radius 3 is 2.85 bits per heavy atom. The number of aryl methyl sites for hydroxylation is 1. The van der Waals surface area contributed by atoms with Crippen LogP contribution in [-0.2, 0) is 24.3 Å². The van der Waals surface area contributed by atoms with Gasteiger partial charge in [0.25, 0.3) is 11.5 Å². The maximum atomic E-state index is 13.6. The molecule has 0 unspecified atom stereocenters. The Hall–Kier alpha value is -3.74. The van der Waals surface area contributed by atoms with Crippen LogP contribution in [0.3, 0.4) is 0 Å². The third-order valence-electron chi connectivity index (χ3n) is 5.37. The van der Waals surface area contributed by atoms with Gasteiger partial charge in [-0.05, 0) is 28.9 Å². The summed E-state index contributed by atoms with van der Waals surface area (Å²) in [6.07, 6.45) is 1.64. The summed E-state index contributed by atoms with van der Waals surface area (Å²) in [7, 11) is 1.34. The Morgan fingerprint density at radius 1 is 1.35 bits per heavy atom. The number of halogens is 2. The highest BCUT2D eigenvalue weighted by molar-refractivity contribution is 9.10. The quantitative estimate of drug-likeness (QED) is 0.505. The smallest absolute Gasteiger partial charge is 0.328 e. The van der Waals surface area contributed by atoms with Gasteiger partial charge < -0.3 is 19.5 Å². The maximum Gasteiger partial charge on any atom is 0.328 e. The van der Waals surface area contributed by atoms with Crippen LogP contribution in [0.15, 0.2) is 36.9 Å². The van der Waals surface area contributed by atoms with E-state index >= 15 is 0 Å². The molecular formula is C21H19BrFN5O6. The number of anilines is 1. The lowest BCUT2D eigenvalue weighted by Gasteiger charge is -2.26. The van der Waals surface area contributed by atoms with Crippen LogP contribution < -0.4 is 21.3 Å². The minimum absolute atomic E-state index is 0.0252. The molecule has 1 aromatic carbocycles. The first-order chi connectivity index (χ1) is 16.2. The second-order valence-electron chi connectivity index (χ2n) is 7.62. The molecule has 4 rings (SSSR count). The third kappa shape index (κ3) is 4.51. The number of methoxy groups -OCH3 is 1. The normalized spacial score (nSPS) is 12.9. The summed E-state index contributed by atoms with van der Waals surface area (Å²) in [5.74, 6) is -0.981. The Balaban J connectivity index is 1.54. The number of hydrogen-bond acceptors (Lipinski definition) is 7. The zero-order chi connectivity index (χ0) is 24.6. The number of nitrogens with one attached hydrogen (secondary N) is 2. The lowest BCUT2D eigenvalue weighted by Crippen LogP contribution is -2.41. The number of benzene rings is 1. The summed E-state index contributed by atoms with van der Waals surface area (Å²) >= 11 is 3.20. The molecule has 2 N–H and O–H groups in total. The van der Waals surface area contributed by atoms with Crippen molar-refractivity contribution in [2.75, 3.05) is 19.0 Å². The molecule has 1 aliphatic heterocycles. The van der Waals surface area contributed by atoms with Gasteiger partial charge in [-0.3, -0.25) is 23.9 Å². The number of amides is 2. The minimum atomic E-state index is -0.689. The monoisotopic (exact) mass is 535 g/mol. The van der Waals surface area contributed by atoms with Gasteiger partial charge in [-0.15, -0.1) is 0 Å². The SMILES string of the molecule is COc1cc(F)cc(Br)c1NC(=O)c1noc2c1CN(C(=O)Cn1cc(C)c(=O)[nH]c1=O)CC2. The number of rotatable bonds is 5. The number of nitrogens with zero attached hydrogens (tertiary/aromatic N) is 3. The van der Waals surface area contributed by atoms with Crippen molar-refractivity contribution in [1.82, 2.24) is 19.6 Å². The molecule has 0 saturated carbocycles. The molecule has 0 fully saturated rings. The van der Waals surface area contributed by atoms with Crippen LogP contribution in [0.2, 0.25) is 0 Å². The summed E-state index contributed by atoms with van der Waals surface area (Å²) in [4.78, 5) is 53.0. The van der Waals surface area contributed by atoms with Gasteiger partial charge in [0.05, 0.1) is 19.3 Å². The van der Waals surface area contributed by atoms with Crippen molar-refractivity contribution in [3.63, 3.8) is 0 Å². The fourth-order valence-electron chi connectivity index (χ4n) is 3.59. The first kappa shape index (κ1) is 23.4. The second-order valence-corrected chi connectivity index (χ2v) is 8.47. The number of aromatic nitrogens is 3. The lowest BCUT2D eigenvalue weighted by molar-refractivity contribution is -0.132. The highest BCUT2D eigenvalue weighted by atomic mass is 79.9. The highest BCUT2D eigenvalue weighted by Crippen LogP contribution is 2.34. The van der Waals surface area contributed by atoms with Gasteiger partial charge in [0, 0.05) is 40.8 Å². The van der Waals surface area contributed by atoms with Crippen molar-refractivity contribution in [3.05, 3.63) is 72.0 Å². The van der Waals surface area contributed by atoms with E-state index in [9.17, 15) is 23.6 Å². The fraction of sp³-hybridized carbons (Fsp3) is 0.286. The Bertz CT molecular complexity index is 1410. The number of H-pyrrole nitrogens is 1. The molecule has 13 heteroatoms. The van der Waals surface area contributed by atoms with Crippen molar-refractivity contribution in [2.45, 2.75) is 26.4 Å². The summed E-state index contributed by atoms with van der Waals surface area (Å²) in [5, 5.41) is 6.49. The molecule has 3 heterocycles. The number of hydrogen-bond donors (Lipinski definition) is 2. The maximum absolute atomic E-state index is 13.6. The summed E-state index contributed by atoms with van der Waals surface area (Å²) in [5.41, 5.74) is -0.288. The van der Waals surface area contributed by atoms with Crippen molar-refractivity contribution < 1.29 is 23.2 Å². The molecule has 0 saturated heterocycles. The Kier molecular flexibility index (Phi) is 6.37. The molecule has 0 atom stereocenters. The number of aromatic amines is 1. The van der Waals surface area contributed by atoms with Crippen LogP contribution in [-0.4, -0.2) is 45.1 Å². The predicted molar refractivity (Wildman–Crippen MR) is 120 cm³/mol. The second kappa shape index (κ2) is 9.25. The van der Waals surface area contributed by atoms with Gasteiger partial charge in [0.1, 0.15) is 23.9 Å². The van der Waals surface area contributed by atoms with E-state index in [1.165, 1.54) is 31.2 Å². The predicted octanol–water partition coefficient (Wildman–Crippen LogP) is 1.58. The molecule has 178 valence electrons. The minimum Gasteiger partial charge on any atom is -0.494 e. The van der Waals surface area contributed by atoms with Crippen LogP contribution in [0.1, 0.15) is 27.4 Å². The van der Waals surface area contributed by atoms with Gasteiger partial charge in [0.15, 0.2) is 5.69 Å². The van der Waals surface area contributed by atoms with Crippen molar-refractivity contribution in [2.24, 2.45) is 0 Å². The molecule has 3 aromatic rings. The van der Waals surface area contributed by atoms with Crippen LogP contribution in [0.5, 0.6) is 5.75 Å². The van der Waals surface area contributed by atoms with Crippen LogP contribution in [0, 0.1) is 12.7 Å². The van der Waals surface area contributed by atoms with E-state index in [4.69, 9.17) is 9.26 Å². The third-order valence-corrected chi connectivity index (χ3v) is 5.99. The molecule has 0 bridgehead atoms. The largest absolute Gasteiger partial charge is 0.494 e. The summed E-state index contributed by atoms with van der Waals surface area (Å²) in [6.45, 7) is 1.59. The Morgan fingerprint density at radius 2 is 2.12 bits per heavy atom. The molecule has 0 aliphatic carbocycles. The molecule has 11 nitrogen and oxygen atoms in total. The van der Waals surface area contributed by atoms with E-state index in [1.54, 1.807) is 0 Å². The van der Waals surface area contributed by atoms with E-state index in [2.05, 4.69) is 31.4 Å². The Labute approximate surface area is 199 Å². The van der Waals surface area contributed by atoms with Crippen molar-refractivity contribution >= 4 is 33.4 Å². The van der Waals surface area contributed by atoms with Crippen LogP contribution in [0.4, 0.5) is 10.1 Å². The molecule has 0 spiro atoms. The van der Waals surface area contributed by atoms with Crippen molar-refractivity contribution in [1.29, 1.82) is 0 Å². The van der Waals surface area contributed by atoms with Gasteiger partial charge in [0.2, 0.25) is 5.91 Å². The number of ether oxygens (including phenoxy) is 1.